The van der Waals surface area contributed by atoms with Crippen molar-refractivity contribution in [3.05, 3.63) is 48.2 Å². The Kier molecular flexibility index (Phi) is 3.58. The third-order valence-corrected chi connectivity index (χ3v) is 4.58. The van der Waals surface area contributed by atoms with Gasteiger partial charge >= 0.3 is 0 Å². The van der Waals surface area contributed by atoms with Crippen molar-refractivity contribution in [3.8, 4) is 23.1 Å². The van der Waals surface area contributed by atoms with Gasteiger partial charge in [0.2, 0.25) is 0 Å². The van der Waals surface area contributed by atoms with Gasteiger partial charge in [-0.05, 0) is 49.2 Å². The van der Waals surface area contributed by atoms with E-state index in [-0.39, 0.29) is 5.75 Å². The first-order valence-corrected chi connectivity index (χ1v) is 8.23. The van der Waals surface area contributed by atoms with E-state index in [1.165, 1.54) is 12.8 Å². The standard InChI is InChI=1S/C19H18N4O/c20-11-13-5-10-17-22-18(14-6-8-16(24)9-7-14)19(23(17)12-13)21-15-3-1-2-4-15/h5-10,12,15,21,24H,1-4H2. The van der Waals surface area contributed by atoms with E-state index < -0.39 is 0 Å². The molecule has 0 aliphatic heterocycles. The molecule has 5 heteroatoms. The van der Waals surface area contributed by atoms with Gasteiger partial charge in [0.1, 0.15) is 29.0 Å². The largest absolute Gasteiger partial charge is 0.508 e. The average Bonchev–Trinajstić information content (AvgIpc) is 3.24. The lowest BCUT2D eigenvalue weighted by molar-refractivity contribution is 0.475. The fourth-order valence-corrected chi connectivity index (χ4v) is 3.33. The second-order valence-corrected chi connectivity index (χ2v) is 6.24. The lowest BCUT2D eigenvalue weighted by Crippen LogP contribution is -2.16. The Hall–Kier alpha value is -3.00. The zero-order valence-corrected chi connectivity index (χ0v) is 13.2. The molecule has 24 heavy (non-hydrogen) atoms. The molecule has 1 aliphatic rings. The number of aromatic hydroxyl groups is 1. The maximum atomic E-state index is 9.53. The number of phenols is 1. The van der Waals surface area contributed by atoms with E-state index in [2.05, 4.69) is 11.4 Å². The fourth-order valence-electron chi connectivity index (χ4n) is 3.33. The molecule has 2 N–H and O–H groups in total. The maximum absolute atomic E-state index is 9.53. The number of rotatable bonds is 3. The van der Waals surface area contributed by atoms with Gasteiger partial charge in [-0.1, -0.05) is 12.8 Å². The van der Waals surface area contributed by atoms with Crippen LogP contribution in [0.15, 0.2) is 42.6 Å². The lowest BCUT2D eigenvalue weighted by Gasteiger charge is -2.15. The first-order chi connectivity index (χ1) is 11.7. The van der Waals surface area contributed by atoms with Gasteiger partial charge in [-0.15, -0.1) is 0 Å². The molecule has 3 aromatic rings. The molecule has 0 bridgehead atoms. The third kappa shape index (κ3) is 2.56. The molecule has 1 aliphatic carbocycles. The van der Waals surface area contributed by atoms with Crippen LogP contribution in [0.5, 0.6) is 5.75 Å². The zero-order valence-electron chi connectivity index (χ0n) is 13.2. The minimum Gasteiger partial charge on any atom is -0.508 e. The van der Waals surface area contributed by atoms with Crippen molar-refractivity contribution in [2.45, 2.75) is 31.7 Å². The Morgan fingerprint density at radius 2 is 1.88 bits per heavy atom. The molecule has 0 unspecified atom stereocenters. The van der Waals surface area contributed by atoms with Crippen molar-refractivity contribution >= 4 is 11.5 Å². The minimum atomic E-state index is 0.236. The summed E-state index contributed by atoms with van der Waals surface area (Å²) < 4.78 is 1.96. The van der Waals surface area contributed by atoms with Crippen LogP contribution in [0.1, 0.15) is 31.2 Å². The Labute approximate surface area is 140 Å². The second kappa shape index (κ2) is 5.89. The molecule has 120 valence electrons. The van der Waals surface area contributed by atoms with E-state index in [4.69, 9.17) is 4.98 Å². The van der Waals surface area contributed by atoms with Crippen LogP contribution in [0.4, 0.5) is 5.82 Å². The minimum absolute atomic E-state index is 0.236. The molecule has 0 amide bonds. The Morgan fingerprint density at radius 1 is 1.12 bits per heavy atom. The number of anilines is 1. The molecule has 5 nitrogen and oxygen atoms in total. The zero-order chi connectivity index (χ0) is 16.5. The quantitative estimate of drug-likeness (QED) is 0.767. The number of nitriles is 1. The molecule has 0 saturated heterocycles. The van der Waals surface area contributed by atoms with Gasteiger partial charge in [0.05, 0.1) is 5.56 Å². The molecule has 2 aromatic heterocycles. The number of pyridine rings is 1. The molecule has 0 radical (unpaired) electrons. The highest BCUT2D eigenvalue weighted by Crippen LogP contribution is 2.32. The van der Waals surface area contributed by atoms with Crippen LogP contribution in [-0.2, 0) is 0 Å². The lowest BCUT2D eigenvalue weighted by atomic mass is 10.1. The number of nitrogens with zero attached hydrogens (tertiary/aromatic N) is 3. The molecule has 1 aromatic carbocycles. The number of aromatic nitrogens is 2. The molecule has 1 fully saturated rings. The Bertz CT molecular complexity index is 915. The van der Waals surface area contributed by atoms with E-state index in [0.29, 0.717) is 11.6 Å². The topological polar surface area (TPSA) is 73.3 Å². The van der Waals surface area contributed by atoms with E-state index in [0.717, 1.165) is 35.6 Å². The number of hydrogen-bond acceptors (Lipinski definition) is 4. The highest BCUT2D eigenvalue weighted by atomic mass is 16.3. The van der Waals surface area contributed by atoms with Crippen LogP contribution in [0.3, 0.4) is 0 Å². The fraction of sp³-hybridized carbons (Fsp3) is 0.263. The van der Waals surface area contributed by atoms with Gasteiger partial charge in [-0.2, -0.15) is 5.26 Å². The van der Waals surface area contributed by atoms with Crippen molar-refractivity contribution in [3.63, 3.8) is 0 Å². The summed E-state index contributed by atoms with van der Waals surface area (Å²) in [5.74, 6) is 1.15. The summed E-state index contributed by atoms with van der Waals surface area (Å²) in [4.78, 5) is 4.74. The van der Waals surface area contributed by atoms with Gasteiger partial charge in [0, 0.05) is 17.8 Å². The van der Waals surface area contributed by atoms with Gasteiger partial charge in [-0.3, -0.25) is 4.40 Å². The van der Waals surface area contributed by atoms with Gasteiger partial charge in [-0.25, -0.2) is 4.98 Å². The van der Waals surface area contributed by atoms with Crippen molar-refractivity contribution < 1.29 is 5.11 Å². The second-order valence-electron chi connectivity index (χ2n) is 6.24. The molecule has 4 rings (SSSR count). The van der Waals surface area contributed by atoms with Gasteiger partial charge in [0.25, 0.3) is 0 Å². The monoisotopic (exact) mass is 318 g/mol. The summed E-state index contributed by atoms with van der Waals surface area (Å²) in [6, 6.07) is 13.3. The van der Waals surface area contributed by atoms with Crippen molar-refractivity contribution in [1.82, 2.24) is 9.38 Å². The van der Waals surface area contributed by atoms with Crippen LogP contribution in [0.25, 0.3) is 16.9 Å². The first-order valence-electron chi connectivity index (χ1n) is 8.23. The van der Waals surface area contributed by atoms with Crippen LogP contribution in [-0.4, -0.2) is 20.5 Å². The highest BCUT2D eigenvalue weighted by Gasteiger charge is 2.20. The summed E-state index contributed by atoms with van der Waals surface area (Å²) in [6.45, 7) is 0. The van der Waals surface area contributed by atoms with Crippen LogP contribution in [0.2, 0.25) is 0 Å². The number of fused-ring (bicyclic) bond motifs is 1. The van der Waals surface area contributed by atoms with Gasteiger partial charge in [0.15, 0.2) is 0 Å². The van der Waals surface area contributed by atoms with Gasteiger partial charge < -0.3 is 10.4 Å². The van der Waals surface area contributed by atoms with E-state index >= 15 is 0 Å². The van der Waals surface area contributed by atoms with E-state index in [1.807, 2.05) is 28.8 Å². The molecular formula is C19H18N4O. The summed E-state index contributed by atoms with van der Waals surface area (Å²) in [5, 5.41) is 22.4. The van der Waals surface area contributed by atoms with Crippen molar-refractivity contribution in [1.29, 1.82) is 5.26 Å². The Balaban J connectivity index is 1.87. The predicted molar refractivity (Wildman–Crippen MR) is 92.9 cm³/mol. The third-order valence-electron chi connectivity index (χ3n) is 4.58. The summed E-state index contributed by atoms with van der Waals surface area (Å²) in [7, 11) is 0. The summed E-state index contributed by atoms with van der Waals surface area (Å²) in [6.07, 6.45) is 6.61. The molecular weight excluding hydrogens is 300 g/mol. The maximum Gasteiger partial charge on any atom is 0.139 e. The number of benzene rings is 1. The SMILES string of the molecule is N#Cc1ccc2nc(-c3ccc(O)cc3)c(NC3CCCC3)n2c1. The average molecular weight is 318 g/mol. The highest BCUT2D eigenvalue weighted by molar-refractivity contribution is 5.77. The summed E-state index contributed by atoms with van der Waals surface area (Å²) in [5.41, 5.74) is 3.19. The van der Waals surface area contributed by atoms with E-state index in [9.17, 15) is 10.4 Å². The van der Waals surface area contributed by atoms with Crippen molar-refractivity contribution in [2.24, 2.45) is 0 Å². The van der Waals surface area contributed by atoms with Crippen LogP contribution < -0.4 is 5.32 Å². The predicted octanol–water partition coefficient (Wildman–Crippen LogP) is 3.93. The van der Waals surface area contributed by atoms with Crippen molar-refractivity contribution in [2.75, 3.05) is 5.32 Å². The number of nitrogens with one attached hydrogen (secondary N) is 1. The Morgan fingerprint density at radius 3 is 2.58 bits per heavy atom. The summed E-state index contributed by atoms with van der Waals surface area (Å²) >= 11 is 0. The normalized spacial score (nSPS) is 14.8. The van der Waals surface area contributed by atoms with E-state index in [1.54, 1.807) is 18.2 Å². The number of phenolic OH excluding ortho intramolecular Hbond substituents is 1. The molecule has 2 heterocycles. The van der Waals surface area contributed by atoms with Crippen LogP contribution >= 0.6 is 0 Å². The first kappa shape index (κ1) is 14.6. The molecule has 0 atom stereocenters. The number of hydrogen-bond donors (Lipinski definition) is 2. The number of imidazole rings is 1. The molecule has 0 spiro atoms. The smallest absolute Gasteiger partial charge is 0.139 e. The van der Waals surface area contributed by atoms with Crippen LogP contribution in [0, 0.1) is 11.3 Å². The molecule has 1 saturated carbocycles.